The van der Waals surface area contributed by atoms with Crippen molar-refractivity contribution < 1.29 is 0 Å². The molecule has 2 heterocycles. The van der Waals surface area contributed by atoms with Crippen LogP contribution < -0.4 is 4.90 Å². The summed E-state index contributed by atoms with van der Waals surface area (Å²) < 4.78 is 1.12. The second-order valence-electron chi connectivity index (χ2n) is 13.4. The lowest BCUT2D eigenvalue weighted by Crippen LogP contribution is -2.44. The number of hydrogen-bond acceptors (Lipinski definition) is 3. The Labute approximate surface area is 284 Å². The molecule has 6 rings (SSSR count). The molecule has 1 aliphatic heterocycles. The van der Waals surface area contributed by atoms with Gasteiger partial charge in [0.15, 0.2) is 0 Å². The van der Waals surface area contributed by atoms with Crippen LogP contribution in [0.5, 0.6) is 0 Å². The van der Waals surface area contributed by atoms with Crippen LogP contribution in [0.1, 0.15) is 57.3 Å². The first kappa shape index (κ1) is 32.2. The molecule has 46 heavy (non-hydrogen) atoms. The second-order valence-corrected chi connectivity index (χ2v) is 14.3. The van der Waals surface area contributed by atoms with Crippen molar-refractivity contribution in [3.8, 4) is 22.3 Å². The molecule has 0 radical (unpaired) electrons. The fourth-order valence-corrected chi connectivity index (χ4v) is 7.16. The Bertz CT molecular complexity index is 1790. The molecule has 3 nitrogen and oxygen atoms in total. The van der Waals surface area contributed by atoms with Gasteiger partial charge in [0.2, 0.25) is 0 Å². The van der Waals surface area contributed by atoms with Crippen LogP contribution in [-0.2, 0) is 13.1 Å². The molecule has 0 saturated carbocycles. The van der Waals surface area contributed by atoms with Crippen molar-refractivity contribution in [3.05, 3.63) is 140 Å². The number of aryl methyl sites for hydroxylation is 4. The average molecular weight is 673 g/mol. The number of likely N-dealkylation sites (tertiary alicyclic amines) is 1. The number of hydrogen-bond donors (Lipinski definition) is 0. The van der Waals surface area contributed by atoms with Crippen molar-refractivity contribution in [2.45, 2.75) is 73.5 Å². The van der Waals surface area contributed by atoms with E-state index in [9.17, 15) is 0 Å². The van der Waals surface area contributed by atoms with Crippen LogP contribution in [0.3, 0.4) is 0 Å². The first-order valence-corrected chi connectivity index (χ1v) is 17.4. The van der Waals surface area contributed by atoms with Crippen LogP contribution in [0.25, 0.3) is 22.3 Å². The molecule has 0 amide bonds. The maximum Gasteiger partial charge on any atom is 0.0432 e. The van der Waals surface area contributed by atoms with Gasteiger partial charge < -0.3 is 4.90 Å². The predicted octanol–water partition coefficient (Wildman–Crippen LogP) is 10.7. The quantitative estimate of drug-likeness (QED) is 0.164. The van der Waals surface area contributed by atoms with Crippen LogP contribution >= 0.6 is 15.9 Å². The van der Waals surface area contributed by atoms with Crippen molar-refractivity contribution in [2.24, 2.45) is 0 Å². The Morgan fingerprint density at radius 1 is 0.652 bits per heavy atom. The number of pyridine rings is 1. The number of halogens is 1. The van der Waals surface area contributed by atoms with E-state index >= 15 is 0 Å². The van der Waals surface area contributed by atoms with Gasteiger partial charge >= 0.3 is 0 Å². The van der Waals surface area contributed by atoms with Crippen molar-refractivity contribution in [3.63, 3.8) is 0 Å². The summed E-state index contributed by atoms with van der Waals surface area (Å²) >= 11 is 3.65. The lowest BCUT2D eigenvalue weighted by atomic mass is 9.95. The van der Waals surface area contributed by atoms with Gasteiger partial charge in [-0.25, -0.2) is 0 Å². The molecule has 0 aliphatic carbocycles. The molecule has 0 N–H and O–H groups in total. The maximum atomic E-state index is 4.65. The van der Waals surface area contributed by atoms with Gasteiger partial charge in [0.1, 0.15) is 0 Å². The molecule has 0 bridgehead atoms. The van der Waals surface area contributed by atoms with E-state index in [4.69, 9.17) is 0 Å². The Morgan fingerprint density at radius 3 is 1.83 bits per heavy atom. The number of rotatable bonds is 8. The molecule has 1 saturated heterocycles. The molecule has 0 unspecified atom stereocenters. The van der Waals surface area contributed by atoms with Crippen LogP contribution in [-0.4, -0.2) is 29.0 Å². The SMILES string of the molecule is Cc1cc(-c2cncc(CN3CCC(N(Cc4cccc(-c5cc(C)c(C)c(C)c5)c4)c4ccc(Br)cc4)CC3)c2)cc(C)c1C. The van der Waals surface area contributed by atoms with Crippen LogP contribution in [0.2, 0.25) is 0 Å². The average Bonchev–Trinajstić information content (AvgIpc) is 3.06. The van der Waals surface area contributed by atoms with Gasteiger partial charge in [-0.15, -0.1) is 0 Å². The summed E-state index contributed by atoms with van der Waals surface area (Å²) in [5.41, 5.74) is 17.1. The van der Waals surface area contributed by atoms with E-state index in [0.717, 1.165) is 43.5 Å². The lowest BCUT2D eigenvalue weighted by Gasteiger charge is -2.40. The van der Waals surface area contributed by atoms with Gasteiger partial charge in [0.25, 0.3) is 0 Å². The van der Waals surface area contributed by atoms with Gasteiger partial charge in [-0.2, -0.15) is 0 Å². The molecule has 4 aromatic carbocycles. The van der Waals surface area contributed by atoms with E-state index in [-0.39, 0.29) is 0 Å². The third-order valence-corrected chi connectivity index (χ3v) is 10.7. The van der Waals surface area contributed by atoms with Crippen molar-refractivity contribution in [1.29, 1.82) is 0 Å². The highest BCUT2D eigenvalue weighted by atomic mass is 79.9. The van der Waals surface area contributed by atoms with E-state index in [0.29, 0.717) is 6.04 Å². The standard InChI is InChI=1S/C42H46BrN3/c1-28-18-37(19-29(2)32(28)5)36-9-7-8-34(22-36)27-46(41-12-10-40(43)11-13-41)42-14-16-45(17-15-42)26-35-23-39(25-44-24-35)38-20-30(3)33(6)31(4)21-38/h7-13,18-25,42H,14-17,26-27H2,1-6H3. The molecule has 5 aromatic rings. The van der Waals surface area contributed by atoms with Crippen LogP contribution in [0.4, 0.5) is 5.69 Å². The van der Waals surface area contributed by atoms with E-state index in [2.05, 4.69) is 151 Å². The highest BCUT2D eigenvalue weighted by molar-refractivity contribution is 9.10. The summed E-state index contributed by atoms with van der Waals surface area (Å²) in [6.07, 6.45) is 6.32. The Kier molecular flexibility index (Phi) is 9.77. The van der Waals surface area contributed by atoms with E-state index in [1.54, 1.807) is 0 Å². The molecule has 236 valence electrons. The zero-order valence-corrected chi connectivity index (χ0v) is 29.8. The third kappa shape index (κ3) is 7.29. The monoisotopic (exact) mass is 671 g/mol. The highest BCUT2D eigenvalue weighted by Crippen LogP contribution is 2.31. The van der Waals surface area contributed by atoms with Crippen molar-refractivity contribution in [1.82, 2.24) is 9.88 Å². The van der Waals surface area contributed by atoms with Gasteiger partial charge in [-0.05, 0) is 152 Å². The zero-order chi connectivity index (χ0) is 32.4. The summed E-state index contributed by atoms with van der Waals surface area (Å²) in [6.45, 7) is 17.2. The van der Waals surface area contributed by atoms with E-state index < -0.39 is 0 Å². The summed E-state index contributed by atoms with van der Waals surface area (Å²) in [4.78, 5) is 9.89. The smallest absolute Gasteiger partial charge is 0.0432 e. The van der Waals surface area contributed by atoms with Crippen LogP contribution in [0.15, 0.2) is 95.7 Å². The molecular formula is C42H46BrN3. The first-order chi connectivity index (χ1) is 22.1. The fraction of sp³-hybridized carbons (Fsp3) is 0.310. The van der Waals surface area contributed by atoms with Gasteiger partial charge in [-0.3, -0.25) is 9.88 Å². The predicted molar refractivity (Wildman–Crippen MR) is 199 cm³/mol. The molecule has 1 aromatic heterocycles. The zero-order valence-electron chi connectivity index (χ0n) is 28.2. The Hall–Kier alpha value is -3.73. The normalized spacial score (nSPS) is 14.1. The Balaban J connectivity index is 1.17. The molecule has 4 heteroatoms. The van der Waals surface area contributed by atoms with Gasteiger partial charge in [0.05, 0.1) is 0 Å². The number of nitrogens with zero attached hydrogens (tertiary/aromatic N) is 3. The number of benzene rings is 4. The van der Waals surface area contributed by atoms with Crippen molar-refractivity contribution >= 4 is 21.6 Å². The van der Waals surface area contributed by atoms with E-state index in [1.165, 1.54) is 72.4 Å². The number of aromatic nitrogens is 1. The highest BCUT2D eigenvalue weighted by Gasteiger charge is 2.25. The third-order valence-electron chi connectivity index (χ3n) is 10.2. The number of piperidine rings is 1. The first-order valence-electron chi connectivity index (χ1n) is 16.6. The fourth-order valence-electron chi connectivity index (χ4n) is 6.89. The minimum atomic E-state index is 0.480. The summed E-state index contributed by atoms with van der Waals surface area (Å²) in [6, 6.07) is 30.1. The minimum absolute atomic E-state index is 0.480. The van der Waals surface area contributed by atoms with Gasteiger partial charge in [-0.1, -0.05) is 58.4 Å². The lowest BCUT2D eigenvalue weighted by molar-refractivity contribution is 0.200. The molecule has 1 fully saturated rings. The largest absolute Gasteiger partial charge is 0.364 e. The Morgan fingerprint density at radius 2 is 1.22 bits per heavy atom. The number of anilines is 1. The van der Waals surface area contributed by atoms with Gasteiger partial charge in [0, 0.05) is 60.3 Å². The summed E-state index contributed by atoms with van der Waals surface area (Å²) in [5.74, 6) is 0. The van der Waals surface area contributed by atoms with Crippen LogP contribution in [0, 0.1) is 41.5 Å². The van der Waals surface area contributed by atoms with E-state index in [1.807, 2.05) is 12.4 Å². The molecular weight excluding hydrogens is 626 g/mol. The molecule has 0 spiro atoms. The second kappa shape index (κ2) is 13.9. The van der Waals surface area contributed by atoms with Crippen molar-refractivity contribution in [2.75, 3.05) is 18.0 Å². The summed E-state index contributed by atoms with van der Waals surface area (Å²) in [7, 11) is 0. The minimum Gasteiger partial charge on any atom is -0.364 e. The topological polar surface area (TPSA) is 19.4 Å². The maximum absolute atomic E-state index is 4.65. The molecule has 1 aliphatic rings. The summed E-state index contributed by atoms with van der Waals surface area (Å²) in [5, 5.41) is 0. The molecule has 0 atom stereocenters.